The average molecular weight is 487 g/mol. The molecule has 0 saturated heterocycles. The zero-order chi connectivity index (χ0) is 23.5. The van der Waals surface area contributed by atoms with E-state index >= 15 is 0 Å². The van der Waals surface area contributed by atoms with Gasteiger partial charge in [-0.05, 0) is 82.1 Å². The molecule has 2 aliphatic rings. The van der Waals surface area contributed by atoms with Crippen molar-refractivity contribution in [2.45, 2.75) is 74.9 Å². The zero-order valence-electron chi connectivity index (χ0n) is 18.7. The number of nitrogens with one attached hydrogen (secondary N) is 2. The molecule has 2 aliphatic carbocycles. The van der Waals surface area contributed by atoms with Crippen molar-refractivity contribution in [3.05, 3.63) is 24.3 Å². The number of nitrogens with zero attached hydrogens (tertiary/aromatic N) is 1. The Labute approximate surface area is 191 Å². The van der Waals surface area contributed by atoms with Gasteiger partial charge in [-0.25, -0.2) is 21.6 Å². The number of carbonyl (C=O) groups is 1. The van der Waals surface area contributed by atoms with Crippen LogP contribution in [-0.4, -0.2) is 58.6 Å². The minimum Gasteiger partial charge on any atom is -0.341 e. The van der Waals surface area contributed by atoms with Crippen LogP contribution in [0.5, 0.6) is 0 Å². The topological polar surface area (TPSA) is 139 Å². The molecule has 9 nitrogen and oxygen atoms in total. The van der Waals surface area contributed by atoms with Crippen molar-refractivity contribution >= 4 is 31.6 Å². The van der Waals surface area contributed by atoms with Gasteiger partial charge in [-0.3, -0.25) is 9.52 Å². The van der Waals surface area contributed by atoms with E-state index in [1.54, 1.807) is 4.90 Å². The van der Waals surface area contributed by atoms with Gasteiger partial charge in [-0.15, -0.1) is 0 Å². The van der Waals surface area contributed by atoms with Gasteiger partial charge in [0.1, 0.15) is 0 Å². The molecular formula is C21H34N4O5S2. The predicted octanol–water partition coefficient (Wildman–Crippen LogP) is 1.62. The van der Waals surface area contributed by atoms with Gasteiger partial charge in [-0.2, -0.15) is 0 Å². The van der Waals surface area contributed by atoms with E-state index in [4.69, 9.17) is 5.73 Å². The van der Waals surface area contributed by atoms with E-state index < -0.39 is 26.1 Å². The first-order valence-electron chi connectivity index (χ1n) is 11.2. The summed E-state index contributed by atoms with van der Waals surface area (Å²) in [6, 6.07) is 5.17. The summed E-state index contributed by atoms with van der Waals surface area (Å²) < 4.78 is 53.9. The summed E-state index contributed by atoms with van der Waals surface area (Å²) in [5.41, 5.74) is 6.58. The number of carbonyl (C=O) groups excluding carboxylic acids is 1. The van der Waals surface area contributed by atoms with Gasteiger partial charge in [0.15, 0.2) is 0 Å². The number of hydrogen-bond acceptors (Lipinski definition) is 6. The summed E-state index contributed by atoms with van der Waals surface area (Å²) in [6.45, 7) is 1.52. The van der Waals surface area contributed by atoms with Crippen molar-refractivity contribution in [1.29, 1.82) is 0 Å². The SMILES string of the molecule is CCS(=O)(=O)Nc1ccc(S(=O)(=O)NC2CCC([C@H](N)C(=O)N(C)C3CCC3)CC2)cc1. The molecule has 2 saturated carbocycles. The van der Waals surface area contributed by atoms with Crippen LogP contribution in [-0.2, 0) is 24.8 Å². The lowest BCUT2D eigenvalue weighted by molar-refractivity contribution is -0.136. The molecule has 0 aromatic heterocycles. The Hall–Kier alpha value is -1.69. The van der Waals surface area contributed by atoms with Crippen molar-refractivity contribution in [2.24, 2.45) is 11.7 Å². The highest BCUT2D eigenvalue weighted by Gasteiger charge is 2.35. The van der Waals surface area contributed by atoms with Gasteiger partial charge in [0.05, 0.1) is 16.7 Å². The molecule has 0 radical (unpaired) electrons. The summed E-state index contributed by atoms with van der Waals surface area (Å²) in [7, 11) is -5.33. The molecule has 11 heteroatoms. The van der Waals surface area contributed by atoms with Crippen LogP contribution in [0.4, 0.5) is 5.69 Å². The molecule has 0 bridgehead atoms. The number of nitrogens with two attached hydrogens (primary N) is 1. The maximum atomic E-state index is 12.7. The van der Waals surface area contributed by atoms with Crippen molar-refractivity contribution in [3.8, 4) is 0 Å². The first-order chi connectivity index (χ1) is 15.0. The Morgan fingerprint density at radius 1 is 1.06 bits per heavy atom. The zero-order valence-corrected chi connectivity index (χ0v) is 20.3. The Kier molecular flexibility index (Phi) is 7.85. The Balaban J connectivity index is 1.53. The number of anilines is 1. The molecule has 180 valence electrons. The van der Waals surface area contributed by atoms with Crippen LogP contribution in [0.25, 0.3) is 0 Å². The summed E-state index contributed by atoms with van der Waals surface area (Å²) in [6.07, 6.45) is 5.84. The molecule has 4 N–H and O–H groups in total. The predicted molar refractivity (Wildman–Crippen MR) is 124 cm³/mol. The Bertz CT molecular complexity index is 999. The van der Waals surface area contributed by atoms with E-state index in [0.717, 1.165) is 19.3 Å². The molecule has 1 aromatic rings. The molecule has 1 amide bonds. The van der Waals surface area contributed by atoms with E-state index in [0.29, 0.717) is 37.4 Å². The lowest BCUT2D eigenvalue weighted by Crippen LogP contribution is -2.52. The van der Waals surface area contributed by atoms with Crippen molar-refractivity contribution < 1.29 is 21.6 Å². The Morgan fingerprint density at radius 3 is 2.16 bits per heavy atom. The minimum atomic E-state index is -3.73. The minimum absolute atomic E-state index is 0.0162. The average Bonchev–Trinajstić information content (AvgIpc) is 2.72. The van der Waals surface area contributed by atoms with Crippen LogP contribution in [0.1, 0.15) is 51.9 Å². The molecule has 0 spiro atoms. The van der Waals surface area contributed by atoms with Crippen LogP contribution < -0.4 is 15.2 Å². The standard InChI is InChI=1S/C21H34N4O5S2/c1-3-31(27,28)23-16-11-13-19(14-12-16)32(29,30)24-17-9-7-15(8-10-17)20(22)21(26)25(2)18-5-4-6-18/h11-15,17-18,20,23-24H,3-10,22H2,1-2H3/t15?,17?,20-/m0/s1. The van der Waals surface area contributed by atoms with Crippen molar-refractivity contribution in [3.63, 3.8) is 0 Å². The summed E-state index contributed by atoms with van der Waals surface area (Å²) >= 11 is 0. The van der Waals surface area contributed by atoms with Crippen LogP contribution in [0.15, 0.2) is 29.2 Å². The van der Waals surface area contributed by atoms with Gasteiger partial charge in [0, 0.05) is 24.8 Å². The number of benzene rings is 1. The lowest BCUT2D eigenvalue weighted by atomic mass is 9.81. The number of amides is 1. The number of likely N-dealkylation sites (N-methyl/N-ethyl adjacent to an activating group) is 1. The first-order valence-corrected chi connectivity index (χ1v) is 14.3. The smallest absolute Gasteiger partial charge is 0.240 e. The normalized spacial score (nSPS) is 23.2. The monoisotopic (exact) mass is 486 g/mol. The maximum absolute atomic E-state index is 12.7. The van der Waals surface area contributed by atoms with Gasteiger partial charge in [0.2, 0.25) is 26.0 Å². The molecule has 32 heavy (non-hydrogen) atoms. The van der Waals surface area contributed by atoms with Crippen LogP contribution in [0, 0.1) is 5.92 Å². The first kappa shape index (κ1) is 24.9. The summed E-state index contributed by atoms with van der Waals surface area (Å²) in [5.74, 6) is -0.0298. The molecule has 1 aromatic carbocycles. The lowest BCUT2D eigenvalue weighted by Gasteiger charge is -2.38. The molecule has 0 heterocycles. The molecule has 2 fully saturated rings. The van der Waals surface area contributed by atoms with E-state index in [2.05, 4.69) is 9.44 Å². The maximum Gasteiger partial charge on any atom is 0.240 e. The second-order valence-corrected chi connectivity index (χ2v) is 12.5. The van der Waals surface area contributed by atoms with E-state index in [1.807, 2.05) is 7.05 Å². The molecule has 3 rings (SSSR count). The summed E-state index contributed by atoms with van der Waals surface area (Å²) in [4.78, 5) is 14.5. The number of hydrogen-bond donors (Lipinski definition) is 3. The largest absolute Gasteiger partial charge is 0.341 e. The molecule has 1 atom stereocenters. The number of sulfonamides is 2. The van der Waals surface area contributed by atoms with Crippen molar-refractivity contribution in [1.82, 2.24) is 9.62 Å². The quantitative estimate of drug-likeness (QED) is 0.485. The molecule has 0 unspecified atom stereocenters. The van der Waals surface area contributed by atoms with E-state index in [9.17, 15) is 21.6 Å². The fraction of sp³-hybridized carbons (Fsp3) is 0.667. The second kappa shape index (κ2) is 10.1. The van der Waals surface area contributed by atoms with E-state index in [-0.39, 0.29) is 28.5 Å². The fourth-order valence-electron chi connectivity index (χ4n) is 4.23. The Morgan fingerprint density at radius 2 is 1.66 bits per heavy atom. The van der Waals surface area contributed by atoms with Crippen LogP contribution in [0.2, 0.25) is 0 Å². The fourth-order valence-corrected chi connectivity index (χ4v) is 6.17. The van der Waals surface area contributed by atoms with Crippen LogP contribution in [0.3, 0.4) is 0 Å². The highest BCUT2D eigenvalue weighted by Crippen LogP contribution is 2.30. The van der Waals surface area contributed by atoms with E-state index in [1.165, 1.54) is 31.2 Å². The van der Waals surface area contributed by atoms with Crippen molar-refractivity contribution in [2.75, 3.05) is 17.5 Å². The second-order valence-electron chi connectivity index (χ2n) is 8.82. The highest BCUT2D eigenvalue weighted by atomic mass is 32.2. The van der Waals surface area contributed by atoms with Gasteiger partial charge in [0.25, 0.3) is 0 Å². The third kappa shape index (κ3) is 6.00. The number of rotatable bonds is 9. The highest BCUT2D eigenvalue weighted by molar-refractivity contribution is 7.92. The van der Waals surface area contributed by atoms with Crippen LogP contribution >= 0.6 is 0 Å². The summed E-state index contributed by atoms with van der Waals surface area (Å²) in [5, 5.41) is 0. The molecule has 0 aliphatic heterocycles. The molecular weight excluding hydrogens is 452 g/mol. The van der Waals surface area contributed by atoms with Gasteiger partial charge in [-0.1, -0.05) is 0 Å². The van der Waals surface area contributed by atoms with Gasteiger partial charge >= 0.3 is 0 Å². The third-order valence-corrected chi connectivity index (χ3v) is 9.52. The van der Waals surface area contributed by atoms with Gasteiger partial charge < -0.3 is 10.6 Å². The third-order valence-electron chi connectivity index (χ3n) is 6.67.